The first-order valence-corrected chi connectivity index (χ1v) is 7.53. The zero-order valence-corrected chi connectivity index (χ0v) is 13.1. The van der Waals surface area contributed by atoms with Gasteiger partial charge in [0, 0.05) is 17.1 Å². The fourth-order valence-corrected chi connectivity index (χ4v) is 3.34. The maximum absolute atomic E-state index is 12.0. The molecule has 0 saturated carbocycles. The van der Waals surface area contributed by atoms with Crippen LogP contribution in [0, 0.1) is 10.1 Å². The lowest BCUT2D eigenvalue weighted by molar-refractivity contribution is -0.384. The van der Waals surface area contributed by atoms with Crippen molar-refractivity contribution in [2.45, 2.75) is 18.4 Å². The van der Waals surface area contributed by atoms with Gasteiger partial charge >= 0.3 is 6.03 Å². The topological polar surface area (TPSA) is 105 Å². The van der Waals surface area contributed by atoms with Gasteiger partial charge < -0.3 is 10.2 Å². The number of benzene rings is 1. The first-order valence-electron chi connectivity index (χ1n) is 6.74. The predicted molar refractivity (Wildman–Crippen MR) is 81.6 cm³/mol. The number of nitro groups is 1. The number of hydrogen-bond acceptors (Lipinski definition) is 5. The Morgan fingerprint density at radius 3 is 2.77 bits per heavy atom. The maximum Gasteiger partial charge on any atom is 0.322 e. The Hall–Kier alpha value is -2.16. The second-order valence-corrected chi connectivity index (χ2v) is 6.32. The lowest BCUT2D eigenvalue weighted by atomic mass is 9.89. The van der Waals surface area contributed by atoms with E-state index in [9.17, 15) is 19.7 Å². The van der Waals surface area contributed by atoms with Gasteiger partial charge in [0.05, 0.1) is 11.5 Å². The van der Waals surface area contributed by atoms with Crippen molar-refractivity contribution in [3.05, 3.63) is 32.8 Å². The van der Waals surface area contributed by atoms with E-state index in [1.54, 1.807) is 17.0 Å². The molecule has 2 aliphatic rings. The molecular weight excluding hydrogens is 356 g/mol. The summed E-state index contributed by atoms with van der Waals surface area (Å²) in [6, 6.07) is 4.29. The molecule has 0 bridgehead atoms. The van der Waals surface area contributed by atoms with Crippen LogP contribution >= 0.6 is 15.9 Å². The van der Waals surface area contributed by atoms with Gasteiger partial charge in [-0.3, -0.25) is 20.2 Å². The Kier molecular flexibility index (Phi) is 3.51. The van der Waals surface area contributed by atoms with Gasteiger partial charge in [0.2, 0.25) is 0 Å². The van der Waals surface area contributed by atoms with E-state index < -0.39 is 16.5 Å². The summed E-state index contributed by atoms with van der Waals surface area (Å²) in [5.41, 5.74) is -0.589. The van der Waals surface area contributed by atoms with E-state index in [4.69, 9.17) is 0 Å². The number of anilines is 1. The predicted octanol–water partition coefficient (Wildman–Crippen LogP) is 1.54. The third kappa shape index (κ3) is 2.41. The number of halogens is 1. The molecule has 116 valence electrons. The number of nitrogens with zero attached hydrogens (tertiary/aromatic N) is 2. The number of rotatable bonds is 2. The highest BCUT2D eigenvalue weighted by Gasteiger charge is 2.49. The Morgan fingerprint density at radius 2 is 2.14 bits per heavy atom. The summed E-state index contributed by atoms with van der Waals surface area (Å²) in [5, 5.41) is 16.2. The number of hydrogen-bond donors (Lipinski definition) is 2. The number of nitro benzene ring substituents is 1. The molecule has 1 unspecified atom stereocenters. The Balaban J connectivity index is 1.95. The van der Waals surface area contributed by atoms with E-state index in [2.05, 4.69) is 26.6 Å². The largest absolute Gasteiger partial charge is 0.363 e. The van der Waals surface area contributed by atoms with Crippen LogP contribution in [0.1, 0.15) is 12.8 Å². The summed E-state index contributed by atoms with van der Waals surface area (Å²) in [7, 11) is 0. The first kappa shape index (κ1) is 14.8. The molecule has 2 aliphatic heterocycles. The molecule has 3 rings (SSSR count). The number of urea groups is 1. The molecule has 2 saturated heterocycles. The van der Waals surface area contributed by atoms with Gasteiger partial charge in [-0.05, 0) is 25.0 Å². The molecule has 8 nitrogen and oxygen atoms in total. The van der Waals surface area contributed by atoms with Crippen molar-refractivity contribution in [1.29, 1.82) is 0 Å². The van der Waals surface area contributed by atoms with Crippen LogP contribution < -0.4 is 15.5 Å². The number of carbonyl (C=O) groups excluding carboxylic acids is 2. The number of piperidine rings is 1. The van der Waals surface area contributed by atoms with Gasteiger partial charge in [0.1, 0.15) is 11.2 Å². The minimum Gasteiger partial charge on any atom is -0.363 e. The van der Waals surface area contributed by atoms with Crippen molar-refractivity contribution in [3.63, 3.8) is 0 Å². The quantitative estimate of drug-likeness (QED) is 0.468. The molecule has 1 spiro atoms. The van der Waals surface area contributed by atoms with Gasteiger partial charge in [0.15, 0.2) is 0 Å². The van der Waals surface area contributed by atoms with Crippen molar-refractivity contribution >= 4 is 39.2 Å². The highest BCUT2D eigenvalue weighted by atomic mass is 79.9. The third-order valence-electron chi connectivity index (χ3n) is 3.98. The zero-order chi connectivity index (χ0) is 15.9. The number of amides is 3. The molecule has 1 aromatic carbocycles. The van der Waals surface area contributed by atoms with Crippen LogP contribution in [-0.4, -0.2) is 35.5 Å². The molecule has 9 heteroatoms. The van der Waals surface area contributed by atoms with E-state index in [0.717, 1.165) is 0 Å². The first-order chi connectivity index (χ1) is 10.4. The van der Waals surface area contributed by atoms with Gasteiger partial charge in [-0.1, -0.05) is 15.9 Å². The van der Waals surface area contributed by atoms with Crippen molar-refractivity contribution in [2.75, 3.05) is 18.0 Å². The highest BCUT2D eigenvalue weighted by Crippen LogP contribution is 2.35. The van der Waals surface area contributed by atoms with Gasteiger partial charge in [-0.2, -0.15) is 0 Å². The van der Waals surface area contributed by atoms with Crippen molar-refractivity contribution in [1.82, 2.24) is 10.6 Å². The fourth-order valence-electron chi connectivity index (χ4n) is 2.99. The molecule has 22 heavy (non-hydrogen) atoms. The molecule has 3 amide bonds. The fraction of sp³-hybridized carbons (Fsp3) is 0.385. The highest BCUT2D eigenvalue weighted by molar-refractivity contribution is 9.10. The molecular formula is C13H13BrN4O4. The van der Waals surface area contributed by atoms with Crippen LogP contribution in [0.5, 0.6) is 0 Å². The van der Waals surface area contributed by atoms with Gasteiger partial charge in [-0.25, -0.2) is 4.79 Å². The second kappa shape index (κ2) is 5.24. The Bertz CT molecular complexity index is 680. The molecule has 2 N–H and O–H groups in total. The summed E-state index contributed by atoms with van der Waals surface area (Å²) >= 11 is 3.22. The van der Waals surface area contributed by atoms with Crippen molar-refractivity contribution in [2.24, 2.45) is 0 Å². The maximum atomic E-state index is 12.0. The zero-order valence-electron chi connectivity index (χ0n) is 11.5. The molecule has 0 aliphatic carbocycles. The van der Waals surface area contributed by atoms with E-state index in [1.165, 1.54) is 6.07 Å². The van der Waals surface area contributed by atoms with E-state index in [1.807, 2.05) is 0 Å². The van der Waals surface area contributed by atoms with Gasteiger partial charge in [-0.15, -0.1) is 0 Å². The average molecular weight is 369 g/mol. The summed E-state index contributed by atoms with van der Waals surface area (Å²) < 4.78 is 0.613. The lowest BCUT2D eigenvalue weighted by Gasteiger charge is -2.39. The van der Waals surface area contributed by atoms with E-state index in [0.29, 0.717) is 29.5 Å². The molecule has 1 atom stereocenters. The van der Waals surface area contributed by atoms with Crippen LogP contribution in [0.4, 0.5) is 16.2 Å². The number of nitrogens with one attached hydrogen (secondary N) is 2. The summed E-state index contributed by atoms with van der Waals surface area (Å²) in [6.45, 7) is 0.806. The summed E-state index contributed by atoms with van der Waals surface area (Å²) in [6.07, 6.45) is 1.17. The lowest BCUT2D eigenvalue weighted by Crippen LogP contribution is -2.58. The van der Waals surface area contributed by atoms with E-state index in [-0.39, 0.29) is 18.1 Å². The smallest absolute Gasteiger partial charge is 0.322 e. The SMILES string of the molecule is O=C1NC(=O)C2(CCCN(c3ccc(Br)cc3[N+](=O)[O-])C2)N1. The van der Waals surface area contributed by atoms with Crippen LogP contribution in [0.25, 0.3) is 0 Å². The van der Waals surface area contributed by atoms with Crippen LogP contribution in [0.2, 0.25) is 0 Å². The van der Waals surface area contributed by atoms with Crippen LogP contribution in [-0.2, 0) is 4.79 Å². The molecule has 2 fully saturated rings. The monoisotopic (exact) mass is 368 g/mol. The summed E-state index contributed by atoms with van der Waals surface area (Å²) in [5.74, 6) is -0.373. The minimum atomic E-state index is -1.00. The molecule has 1 aromatic rings. The number of imide groups is 1. The van der Waals surface area contributed by atoms with Crippen LogP contribution in [0.3, 0.4) is 0 Å². The molecule has 2 heterocycles. The van der Waals surface area contributed by atoms with Gasteiger partial charge in [0.25, 0.3) is 11.6 Å². The second-order valence-electron chi connectivity index (χ2n) is 5.41. The van der Waals surface area contributed by atoms with Crippen molar-refractivity contribution < 1.29 is 14.5 Å². The standard InChI is InChI=1S/C13H13BrN4O4/c14-8-2-3-9(10(6-8)18(21)22)17-5-1-4-13(7-17)11(19)15-12(20)16-13/h2-3,6H,1,4-5,7H2,(H2,15,16,19,20). The Labute approximate surface area is 134 Å². The van der Waals surface area contributed by atoms with Crippen molar-refractivity contribution in [3.8, 4) is 0 Å². The Morgan fingerprint density at radius 1 is 1.36 bits per heavy atom. The average Bonchev–Trinajstić information content (AvgIpc) is 2.72. The number of carbonyl (C=O) groups is 2. The molecule has 0 radical (unpaired) electrons. The normalized spacial score (nSPS) is 24.3. The third-order valence-corrected chi connectivity index (χ3v) is 4.47. The minimum absolute atomic E-state index is 0.0313. The van der Waals surface area contributed by atoms with E-state index >= 15 is 0 Å². The van der Waals surface area contributed by atoms with Crippen LogP contribution in [0.15, 0.2) is 22.7 Å². The summed E-state index contributed by atoms with van der Waals surface area (Å²) in [4.78, 5) is 36.0. The molecule has 0 aromatic heterocycles.